The summed E-state index contributed by atoms with van der Waals surface area (Å²) in [6, 6.07) is 7.26. The number of hydrogen-bond acceptors (Lipinski definition) is 4. The van der Waals surface area contributed by atoms with E-state index >= 15 is 0 Å². The second-order valence-corrected chi connectivity index (χ2v) is 7.40. The molecule has 0 spiro atoms. The Morgan fingerprint density at radius 3 is 2.56 bits per heavy atom. The Hall–Kier alpha value is -2.14. The van der Waals surface area contributed by atoms with Crippen molar-refractivity contribution < 1.29 is 14.7 Å². The van der Waals surface area contributed by atoms with E-state index in [9.17, 15) is 14.7 Å². The van der Waals surface area contributed by atoms with E-state index in [2.05, 4.69) is 0 Å². The lowest BCUT2D eigenvalue weighted by Gasteiger charge is -2.28. The molecule has 1 atom stereocenters. The van der Waals surface area contributed by atoms with Crippen LogP contribution in [0.25, 0.3) is 0 Å². The lowest BCUT2D eigenvalue weighted by atomic mass is 9.91. The molecule has 0 saturated carbocycles. The molecular weight excluding hydrogens is 316 g/mol. The molecule has 5 nitrogen and oxygen atoms in total. The Morgan fingerprint density at radius 2 is 2.00 bits per heavy atom. The smallest absolute Gasteiger partial charge is 0.290 e. The topological polar surface area (TPSA) is 60.9 Å². The zero-order chi connectivity index (χ0) is 18.7. The molecule has 0 radical (unpaired) electrons. The SMILES string of the molecule is Cc1cccc(C2C(C(=O)CC(C)C)=C(O)C(=O)N2CCN(C)C)c1. The van der Waals surface area contributed by atoms with Gasteiger partial charge in [-0.1, -0.05) is 43.7 Å². The van der Waals surface area contributed by atoms with Gasteiger partial charge in [0.05, 0.1) is 11.6 Å². The largest absolute Gasteiger partial charge is 0.503 e. The third-order valence-corrected chi connectivity index (χ3v) is 4.34. The summed E-state index contributed by atoms with van der Waals surface area (Å²) < 4.78 is 0. The lowest BCUT2D eigenvalue weighted by Crippen LogP contribution is -2.36. The number of Topliss-reactive ketones (excluding diaryl/α,β-unsaturated/α-hetero) is 1. The summed E-state index contributed by atoms with van der Waals surface area (Å²) in [7, 11) is 3.86. The molecule has 0 bridgehead atoms. The number of carbonyl (C=O) groups excluding carboxylic acids is 2. The van der Waals surface area contributed by atoms with Gasteiger partial charge in [-0.15, -0.1) is 0 Å². The van der Waals surface area contributed by atoms with Crippen molar-refractivity contribution in [1.29, 1.82) is 0 Å². The number of aliphatic hydroxyl groups excluding tert-OH is 1. The fraction of sp³-hybridized carbons (Fsp3) is 0.500. The Labute approximate surface area is 149 Å². The Kier molecular flexibility index (Phi) is 6.01. The van der Waals surface area contributed by atoms with Crippen LogP contribution in [0.1, 0.15) is 37.4 Å². The van der Waals surface area contributed by atoms with E-state index in [-0.39, 0.29) is 17.3 Å². The predicted octanol–water partition coefficient (Wildman–Crippen LogP) is 2.87. The van der Waals surface area contributed by atoms with Crippen molar-refractivity contribution >= 4 is 11.7 Å². The molecule has 1 amide bonds. The number of aliphatic hydroxyl groups is 1. The number of rotatable bonds is 7. The van der Waals surface area contributed by atoms with Crippen LogP contribution in [-0.2, 0) is 9.59 Å². The van der Waals surface area contributed by atoms with Crippen molar-refractivity contribution in [2.45, 2.75) is 33.2 Å². The first-order valence-electron chi connectivity index (χ1n) is 8.71. The standard InChI is InChI=1S/C20H28N2O3/c1-13(2)11-16(23)17-18(15-8-6-7-14(3)12-15)22(10-9-21(4)5)20(25)19(17)24/h6-8,12-13,18,24H,9-11H2,1-5H3. The van der Waals surface area contributed by atoms with Crippen LogP contribution >= 0.6 is 0 Å². The van der Waals surface area contributed by atoms with Crippen molar-refractivity contribution in [3.8, 4) is 0 Å². The molecule has 0 saturated heterocycles. The van der Waals surface area contributed by atoms with E-state index in [4.69, 9.17) is 0 Å². The fourth-order valence-electron chi connectivity index (χ4n) is 3.14. The van der Waals surface area contributed by atoms with Gasteiger partial charge in [0.15, 0.2) is 11.5 Å². The normalized spacial score (nSPS) is 18.0. The second-order valence-electron chi connectivity index (χ2n) is 7.40. The van der Waals surface area contributed by atoms with Crippen molar-refractivity contribution in [3.05, 3.63) is 46.7 Å². The van der Waals surface area contributed by atoms with Gasteiger partial charge in [-0.3, -0.25) is 9.59 Å². The molecule has 1 heterocycles. The minimum Gasteiger partial charge on any atom is -0.503 e. The summed E-state index contributed by atoms with van der Waals surface area (Å²) in [6.07, 6.45) is 0.316. The number of aryl methyl sites for hydroxylation is 1. The van der Waals surface area contributed by atoms with Gasteiger partial charge in [0.2, 0.25) is 0 Å². The third kappa shape index (κ3) is 4.28. The molecular formula is C20H28N2O3. The van der Waals surface area contributed by atoms with E-state index < -0.39 is 17.7 Å². The van der Waals surface area contributed by atoms with Crippen LogP contribution in [0.3, 0.4) is 0 Å². The van der Waals surface area contributed by atoms with Gasteiger partial charge in [-0.05, 0) is 32.5 Å². The van der Waals surface area contributed by atoms with Gasteiger partial charge >= 0.3 is 0 Å². The summed E-state index contributed by atoms with van der Waals surface area (Å²) >= 11 is 0. The van der Waals surface area contributed by atoms with Gasteiger partial charge in [-0.25, -0.2) is 0 Å². The number of ketones is 1. The first-order valence-corrected chi connectivity index (χ1v) is 8.71. The van der Waals surface area contributed by atoms with Gasteiger partial charge in [-0.2, -0.15) is 0 Å². The van der Waals surface area contributed by atoms with Crippen LogP contribution in [0, 0.1) is 12.8 Å². The van der Waals surface area contributed by atoms with E-state index in [1.807, 2.05) is 64.0 Å². The second kappa shape index (κ2) is 7.83. The molecule has 1 aromatic carbocycles. The van der Waals surface area contributed by atoms with Crippen molar-refractivity contribution in [3.63, 3.8) is 0 Å². The molecule has 136 valence electrons. The Bertz CT molecular complexity index is 692. The maximum atomic E-state index is 12.8. The van der Waals surface area contributed by atoms with E-state index in [1.165, 1.54) is 0 Å². The molecule has 5 heteroatoms. The average Bonchev–Trinajstić information content (AvgIpc) is 2.76. The quantitative estimate of drug-likeness (QED) is 0.826. The molecule has 1 N–H and O–H groups in total. The van der Waals surface area contributed by atoms with Crippen LogP contribution in [0.2, 0.25) is 0 Å². The molecule has 1 aliphatic rings. The molecule has 1 aliphatic heterocycles. The molecule has 2 rings (SSSR count). The maximum Gasteiger partial charge on any atom is 0.290 e. The highest BCUT2D eigenvalue weighted by molar-refractivity contribution is 6.09. The number of nitrogens with zero attached hydrogens (tertiary/aromatic N) is 2. The van der Waals surface area contributed by atoms with Gasteiger partial charge < -0.3 is 14.9 Å². The minimum atomic E-state index is -0.515. The van der Waals surface area contributed by atoms with Gasteiger partial charge in [0.25, 0.3) is 5.91 Å². The van der Waals surface area contributed by atoms with E-state index in [1.54, 1.807) is 4.90 Å². The average molecular weight is 344 g/mol. The van der Waals surface area contributed by atoms with Crippen LogP contribution in [-0.4, -0.2) is 53.8 Å². The number of benzene rings is 1. The molecule has 0 aromatic heterocycles. The van der Waals surface area contributed by atoms with Crippen molar-refractivity contribution in [2.24, 2.45) is 5.92 Å². The molecule has 1 aromatic rings. The summed E-state index contributed by atoms with van der Waals surface area (Å²) in [4.78, 5) is 29.0. The molecule has 0 fully saturated rings. The van der Waals surface area contributed by atoms with Crippen molar-refractivity contribution in [1.82, 2.24) is 9.80 Å². The van der Waals surface area contributed by atoms with Crippen LogP contribution in [0.15, 0.2) is 35.6 Å². The van der Waals surface area contributed by atoms with E-state index in [0.29, 0.717) is 19.5 Å². The van der Waals surface area contributed by atoms with Gasteiger partial charge in [0.1, 0.15) is 0 Å². The Morgan fingerprint density at radius 1 is 1.32 bits per heavy atom. The highest BCUT2D eigenvalue weighted by Crippen LogP contribution is 2.38. The zero-order valence-electron chi connectivity index (χ0n) is 15.7. The van der Waals surface area contributed by atoms with E-state index in [0.717, 1.165) is 11.1 Å². The van der Waals surface area contributed by atoms with Crippen LogP contribution in [0.5, 0.6) is 0 Å². The minimum absolute atomic E-state index is 0.153. The highest BCUT2D eigenvalue weighted by atomic mass is 16.3. The third-order valence-electron chi connectivity index (χ3n) is 4.34. The molecule has 1 unspecified atom stereocenters. The number of likely N-dealkylation sites (N-methyl/N-ethyl adjacent to an activating group) is 1. The first-order chi connectivity index (χ1) is 11.7. The number of amides is 1. The zero-order valence-corrected chi connectivity index (χ0v) is 15.7. The molecule has 25 heavy (non-hydrogen) atoms. The summed E-state index contributed by atoms with van der Waals surface area (Å²) in [5.74, 6) is -0.840. The first kappa shape index (κ1) is 19.2. The predicted molar refractivity (Wildman–Crippen MR) is 98.3 cm³/mol. The maximum absolute atomic E-state index is 12.8. The lowest BCUT2D eigenvalue weighted by molar-refractivity contribution is -0.129. The number of carbonyl (C=O) groups is 2. The highest BCUT2D eigenvalue weighted by Gasteiger charge is 2.43. The molecule has 0 aliphatic carbocycles. The Balaban J connectivity index is 2.46. The number of hydrogen-bond donors (Lipinski definition) is 1. The summed E-state index contributed by atoms with van der Waals surface area (Å²) in [6.45, 7) is 7.00. The van der Waals surface area contributed by atoms with Gasteiger partial charge in [0, 0.05) is 19.5 Å². The summed E-state index contributed by atoms with van der Waals surface area (Å²) in [5.41, 5.74) is 2.16. The fourth-order valence-corrected chi connectivity index (χ4v) is 3.14. The van der Waals surface area contributed by atoms with Crippen LogP contribution < -0.4 is 0 Å². The van der Waals surface area contributed by atoms with Crippen molar-refractivity contribution in [2.75, 3.05) is 27.2 Å². The summed E-state index contributed by atoms with van der Waals surface area (Å²) in [5, 5.41) is 10.4. The monoisotopic (exact) mass is 344 g/mol. The van der Waals surface area contributed by atoms with Crippen LogP contribution in [0.4, 0.5) is 0 Å².